The van der Waals surface area contributed by atoms with Crippen molar-refractivity contribution in [2.45, 2.75) is 19.4 Å². The lowest BCUT2D eigenvalue weighted by molar-refractivity contribution is -0.126. The van der Waals surface area contributed by atoms with Crippen LogP contribution in [0.2, 0.25) is 5.02 Å². The summed E-state index contributed by atoms with van der Waals surface area (Å²) in [6.07, 6.45) is 6.29. The van der Waals surface area contributed by atoms with Crippen LogP contribution in [0.3, 0.4) is 0 Å². The van der Waals surface area contributed by atoms with E-state index < -0.39 is 0 Å². The molecule has 0 unspecified atom stereocenters. The van der Waals surface area contributed by atoms with Crippen LogP contribution in [0.1, 0.15) is 28.8 Å². The number of benzene rings is 2. The number of halogens is 1. The van der Waals surface area contributed by atoms with Crippen LogP contribution >= 0.6 is 11.6 Å². The van der Waals surface area contributed by atoms with Gasteiger partial charge in [0.15, 0.2) is 0 Å². The number of carbonyl (C=O) groups excluding carboxylic acids is 2. The third-order valence-corrected chi connectivity index (χ3v) is 5.77. The quantitative estimate of drug-likeness (QED) is 0.659. The second-order valence-electron chi connectivity index (χ2n) is 7.62. The highest BCUT2D eigenvalue weighted by Gasteiger charge is 2.27. The highest BCUT2D eigenvalue weighted by molar-refractivity contribution is 6.30. The van der Waals surface area contributed by atoms with Gasteiger partial charge in [-0.15, -0.1) is 0 Å². The van der Waals surface area contributed by atoms with Crippen molar-refractivity contribution in [1.29, 1.82) is 0 Å². The number of hydrogen-bond acceptors (Lipinski definition) is 4. The Morgan fingerprint density at radius 3 is 2.39 bits per heavy atom. The summed E-state index contributed by atoms with van der Waals surface area (Å²) in [6.45, 7) is 1.60. The first-order chi connectivity index (χ1) is 15.1. The van der Waals surface area contributed by atoms with Gasteiger partial charge in [-0.2, -0.15) is 0 Å². The molecule has 158 valence electrons. The fraction of sp³-hybridized carbons (Fsp3) is 0.250. The summed E-state index contributed by atoms with van der Waals surface area (Å²) in [5.41, 5.74) is 3.49. The molecular formula is C24H23ClN4O2. The molecule has 1 N–H and O–H groups in total. The van der Waals surface area contributed by atoms with Gasteiger partial charge in [0, 0.05) is 54.1 Å². The average Bonchev–Trinajstić information content (AvgIpc) is 2.83. The van der Waals surface area contributed by atoms with Crippen molar-refractivity contribution >= 4 is 23.4 Å². The summed E-state index contributed by atoms with van der Waals surface area (Å²) in [6, 6.07) is 14.9. The summed E-state index contributed by atoms with van der Waals surface area (Å²) in [7, 11) is 0. The molecule has 1 aliphatic heterocycles. The van der Waals surface area contributed by atoms with E-state index in [1.54, 1.807) is 12.4 Å². The Kier molecular flexibility index (Phi) is 6.57. The number of carbonyl (C=O) groups is 2. The Labute approximate surface area is 186 Å². The number of amides is 2. The van der Waals surface area contributed by atoms with Gasteiger partial charge in [0.1, 0.15) is 6.33 Å². The predicted octanol–water partition coefficient (Wildman–Crippen LogP) is 3.97. The van der Waals surface area contributed by atoms with E-state index in [0.717, 1.165) is 16.7 Å². The first-order valence-corrected chi connectivity index (χ1v) is 10.6. The Balaban J connectivity index is 1.29. The van der Waals surface area contributed by atoms with Crippen LogP contribution in [0.5, 0.6) is 0 Å². The van der Waals surface area contributed by atoms with Gasteiger partial charge in [-0.3, -0.25) is 9.59 Å². The molecule has 31 heavy (non-hydrogen) atoms. The zero-order valence-corrected chi connectivity index (χ0v) is 17.8. The molecule has 1 aromatic heterocycles. The topological polar surface area (TPSA) is 75.2 Å². The van der Waals surface area contributed by atoms with Crippen LogP contribution in [0.25, 0.3) is 11.1 Å². The van der Waals surface area contributed by atoms with Crippen molar-refractivity contribution in [3.05, 3.63) is 83.4 Å². The first-order valence-electron chi connectivity index (χ1n) is 10.3. The molecular weight excluding hydrogens is 412 g/mol. The van der Waals surface area contributed by atoms with Gasteiger partial charge in [-0.1, -0.05) is 35.9 Å². The van der Waals surface area contributed by atoms with Crippen LogP contribution in [0.15, 0.2) is 67.3 Å². The Morgan fingerprint density at radius 2 is 1.71 bits per heavy atom. The maximum Gasteiger partial charge on any atom is 0.253 e. The Bertz CT molecular complexity index is 1050. The molecule has 0 aliphatic carbocycles. The van der Waals surface area contributed by atoms with E-state index in [1.807, 2.05) is 53.4 Å². The zero-order chi connectivity index (χ0) is 21.6. The molecule has 2 amide bonds. The third-order valence-electron chi connectivity index (χ3n) is 5.53. The number of piperidine rings is 1. The molecule has 0 atom stereocenters. The van der Waals surface area contributed by atoms with E-state index in [9.17, 15) is 9.59 Å². The van der Waals surface area contributed by atoms with Gasteiger partial charge in [-0.25, -0.2) is 9.97 Å². The standard InChI is InChI=1S/C24H23ClN4O2/c25-22-3-1-2-17(12-22)13-28-23(30)19-8-10-29(11-9-19)24(31)20-6-4-18(5-7-20)21-14-26-16-27-15-21/h1-7,12,14-16,19H,8-11,13H2,(H,28,30). The van der Waals surface area contributed by atoms with Gasteiger partial charge >= 0.3 is 0 Å². The normalized spacial score (nSPS) is 14.3. The highest BCUT2D eigenvalue weighted by Crippen LogP contribution is 2.22. The lowest BCUT2D eigenvalue weighted by Crippen LogP contribution is -2.42. The fourth-order valence-corrected chi connectivity index (χ4v) is 3.97. The van der Waals surface area contributed by atoms with Crippen molar-refractivity contribution < 1.29 is 9.59 Å². The summed E-state index contributed by atoms with van der Waals surface area (Å²) >= 11 is 5.99. The molecule has 7 heteroatoms. The molecule has 6 nitrogen and oxygen atoms in total. The minimum absolute atomic E-state index is 0.00588. The van der Waals surface area contributed by atoms with Crippen LogP contribution < -0.4 is 5.32 Å². The number of nitrogens with zero attached hydrogens (tertiary/aromatic N) is 3. The number of hydrogen-bond donors (Lipinski definition) is 1. The summed E-state index contributed by atoms with van der Waals surface area (Å²) in [5, 5.41) is 3.64. The van der Waals surface area contributed by atoms with Gasteiger partial charge in [0.25, 0.3) is 5.91 Å². The number of aromatic nitrogens is 2. The van der Waals surface area contributed by atoms with Gasteiger partial charge in [0.05, 0.1) is 0 Å². The fourth-order valence-electron chi connectivity index (χ4n) is 3.76. The lowest BCUT2D eigenvalue weighted by atomic mass is 9.95. The predicted molar refractivity (Wildman–Crippen MR) is 119 cm³/mol. The second-order valence-corrected chi connectivity index (χ2v) is 8.06. The van der Waals surface area contributed by atoms with Crippen molar-refractivity contribution in [2.75, 3.05) is 13.1 Å². The van der Waals surface area contributed by atoms with Gasteiger partial charge < -0.3 is 10.2 Å². The second kappa shape index (κ2) is 9.71. The monoisotopic (exact) mass is 434 g/mol. The number of nitrogens with one attached hydrogen (secondary N) is 1. The van der Waals surface area contributed by atoms with Crippen molar-refractivity contribution in [3.8, 4) is 11.1 Å². The van der Waals surface area contributed by atoms with Crippen molar-refractivity contribution in [1.82, 2.24) is 20.2 Å². The van der Waals surface area contributed by atoms with E-state index in [-0.39, 0.29) is 17.7 Å². The van der Waals surface area contributed by atoms with E-state index in [0.29, 0.717) is 43.1 Å². The highest BCUT2D eigenvalue weighted by atomic mass is 35.5. The Hall–Kier alpha value is -3.25. The van der Waals surface area contributed by atoms with Crippen LogP contribution in [-0.4, -0.2) is 39.8 Å². The summed E-state index contributed by atoms with van der Waals surface area (Å²) < 4.78 is 0. The molecule has 2 aromatic carbocycles. The number of likely N-dealkylation sites (tertiary alicyclic amines) is 1. The smallest absolute Gasteiger partial charge is 0.253 e. The maximum atomic E-state index is 12.9. The summed E-state index contributed by atoms with van der Waals surface area (Å²) in [5.74, 6) is -0.0566. The zero-order valence-electron chi connectivity index (χ0n) is 17.0. The molecule has 4 rings (SSSR count). The van der Waals surface area contributed by atoms with E-state index in [2.05, 4.69) is 15.3 Å². The van der Waals surface area contributed by atoms with Gasteiger partial charge in [0.2, 0.25) is 5.91 Å². The van der Waals surface area contributed by atoms with E-state index in [4.69, 9.17) is 11.6 Å². The first kappa shape index (κ1) is 21.0. The maximum absolute atomic E-state index is 12.9. The molecule has 1 aliphatic rings. The number of rotatable bonds is 5. The van der Waals surface area contributed by atoms with Gasteiger partial charge in [-0.05, 0) is 48.2 Å². The van der Waals surface area contributed by atoms with Crippen LogP contribution in [-0.2, 0) is 11.3 Å². The lowest BCUT2D eigenvalue weighted by Gasteiger charge is -2.31. The van der Waals surface area contributed by atoms with E-state index in [1.165, 1.54) is 6.33 Å². The molecule has 3 aromatic rings. The average molecular weight is 435 g/mol. The molecule has 1 saturated heterocycles. The summed E-state index contributed by atoms with van der Waals surface area (Å²) in [4.78, 5) is 35.2. The molecule has 1 fully saturated rings. The van der Waals surface area contributed by atoms with Crippen molar-refractivity contribution in [3.63, 3.8) is 0 Å². The van der Waals surface area contributed by atoms with Crippen LogP contribution in [0, 0.1) is 5.92 Å². The molecule has 2 heterocycles. The molecule has 0 bridgehead atoms. The molecule has 0 saturated carbocycles. The molecule has 0 spiro atoms. The van der Waals surface area contributed by atoms with Crippen LogP contribution in [0.4, 0.5) is 0 Å². The van der Waals surface area contributed by atoms with Crippen molar-refractivity contribution in [2.24, 2.45) is 5.92 Å². The minimum Gasteiger partial charge on any atom is -0.352 e. The third kappa shape index (κ3) is 5.27. The SMILES string of the molecule is O=C(NCc1cccc(Cl)c1)C1CCN(C(=O)c2ccc(-c3cncnc3)cc2)CC1. The Morgan fingerprint density at radius 1 is 1.00 bits per heavy atom. The van der Waals surface area contributed by atoms with E-state index >= 15 is 0 Å². The minimum atomic E-state index is -0.0799. The molecule has 0 radical (unpaired) electrons. The largest absolute Gasteiger partial charge is 0.352 e.